The van der Waals surface area contributed by atoms with E-state index < -0.39 is 10.8 Å². The molecule has 30 heavy (non-hydrogen) atoms. The zero-order valence-corrected chi connectivity index (χ0v) is 17.5. The molecule has 0 atom stereocenters. The Labute approximate surface area is 180 Å². The van der Waals surface area contributed by atoms with Gasteiger partial charge in [0.1, 0.15) is 0 Å². The first kappa shape index (κ1) is 20.0. The third kappa shape index (κ3) is 4.17. The number of benzene rings is 3. The Bertz CT molecular complexity index is 1250. The molecule has 1 heterocycles. The average molecular weight is 437 g/mol. The fraction of sp³-hybridized carbons (Fsp3) is 0.0952. The summed E-state index contributed by atoms with van der Waals surface area (Å²) in [7, 11) is 0. The number of nitro benzene ring substituents is 1. The lowest BCUT2D eigenvalue weighted by Crippen LogP contribution is -2.14. The van der Waals surface area contributed by atoms with E-state index in [4.69, 9.17) is 0 Å². The highest BCUT2D eigenvalue weighted by molar-refractivity contribution is 8.00. The Morgan fingerprint density at radius 1 is 1.10 bits per heavy atom. The van der Waals surface area contributed by atoms with Crippen LogP contribution in [0.15, 0.2) is 65.0 Å². The lowest BCUT2D eigenvalue weighted by molar-refractivity contribution is -0.385. The summed E-state index contributed by atoms with van der Waals surface area (Å²) >= 11 is 2.82. The van der Waals surface area contributed by atoms with E-state index >= 15 is 0 Å². The summed E-state index contributed by atoms with van der Waals surface area (Å²) in [6, 6.07) is 18.8. The predicted octanol–water partition coefficient (Wildman–Crippen LogP) is 5.45. The number of thioether (sulfide) groups is 1. The SMILES string of the molecule is Cc1c(C(=O)Nc2nnc(SCc3cccc4ccccc34)s2)cccc1[N+](=O)[O-]. The van der Waals surface area contributed by atoms with E-state index in [1.807, 2.05) is 18.2 Å². The number of nitrogens with zero attached hydrogens (tertiary/aromatic N) is 3. The zero-order valence-electron chi connectivity index (χ0n) is 15.9. The van der Waals surface area contributed by atoms with Crippen LogP contribution in [0.3, 0.4) is 0 Å². The van der Waals surface area contributed by atoms with Gasteiger partial charge in [0.15, 0.2) is 4.34 Å². The number of anilines is 1. The minimum Gasteiger partial charge on any atom is -0.296 e. The molecule has 0 aliphatic carbocycles. The van der Waals surface area contributed by atoms with Crippen LogP contribution in [0.5, 0.6) is 0 Å². The van der Waals surface area contributed by atoms with Gasteiger partial charge in [-0.25, -0.2) is 0 Å². The number of rotatable bonds is 6. The van der Waals surface area contributed by atoms with E-state index in [2.05, 4.69) is 39.8 Å². The van der Waals surface area contributed by atoms with Crippen molar-refractivity contribution in [2.75, 3.05) is 5.32 Å². The molecule has 0 fully saturated rings. The third-order valence-corrected chi connectivity index (χ3v) is 6.63. The van der Waals surface area contributed by atoms with Crippen molar-refractivity contribution in [1.29, 1.82) is 0 Å². The van der Waals surface area contributed by atoms with Gasteiger partial charge in [0.05, 0.1) is 4.92 Å². The van der Waals surface area contributed by atoms with Crippen LogP contribution >= 0.6 is 23.1 Å². The molecule has 4 rings (SSSR count). The van der Waals surface area contributed by atoms with E-state index in [0.717, 1.165) is 10.1 Å². The van der Waals surface area contributed by atoms with E-state index in [1.165, 1.54) is 39.8 Å². The number of hydrogen-bond acceptors (Lipinski definition) is 7. The molecule has 9 heteroatoms. The van der Waals surface area contributed by atoms with Crippen molar-refractivity contribution in [3.63, 3.8) is 0 Å². The van der Waals surface area contributed by atoms with Gasteiger partial charge in [0.2, 0.25) is 5.13 Å². The summed E-state index contributed by atoms with van der Waals surface area (Å²) in [5.41, 5.74) is 1.66. The molecule has 3 aromatic carbocycles. The van der Waals surface area contributed by atoms with Gasteiger partial charge < -0.3 is 0 Å². The molecule has 0 radical (unpaired) electrons. The Balaban J connectivity index is 1.45. The zero-order chi connectivity index (χ0) is 21.1. The minimum atomic E-state index is -0.501. The summed E-state index contributed by atoms with van der Waals surface area (Å²) in [6.07, 6.45) is 0. The van der Waals surface area contributed by atoms with Crippen molar-refractivity contribution in [3.05, 3.63) is 87.5 Å². The van der Waals surface area contributed by atoms with E-state index in [9.17, 15) is 14.9 Å². The summed E-state index contributed by atoms with van der Waals surface area (Å²) in [4.78, 5) is 23.1. The first-order valence-corrected chi connectivity index (χ1v) is 10.8. The van der Waals surface area contributed by atoms with Gasteiger partial charge in [-0.1, -0.05) is 71.6 Å². The maximum absolute atomic E-state index is 12.5. The number of hydrogen-bond donors (Lipinski definition) is 1. The lowest BCUT2D eigenvalue weighted by atomic mass is 10.1. The van der Waals surface area contributed by atoms with Crippen LogP contribution in [0.2, 0.25) is 0 Å². The van der Waals surface area contributed by atoms with Gasteiger partial charge in [-0.3, -0.25) is 20.2 Å². The second-order valence-corrected chi connectivity index (χ2v) is 8.66. The minimum absolute atomic E-state index is 0.0914. The molecule has 0 saturated carbocycles. The number of nitrogens with one attached hydrogen (secondary N) is 1. The van der Waals surface area contributed by atoms with Crippen LogP contribution in [0.1, 0.15) is 21.5 Å². The number of amides is 1. The number of carbonyl (C=O) groups is 1. The quantitative estimate of drug-likeness (QED) is 0.187. The Morgan fingerprint density at radius 2 is 1.87 bits per heavy atom. The van der Waals surface area contributed by atoms with Gasteiger partial charge in [-0.15, -0.1) is 10.2 Å². The summed E-state index contributed by atoms with van der Waals surface area (Å²) in [6.45, 7) is 1.55. The Kier molecular flexibility index (Phi) is 5.73. The first-order valence-electron chi connectivity index (χ1n) is 9.01. The van der Waals surface area contributed by atoms with Gasteiger partial charge >= 0.3 is 0 Å². The van der Waals surface area contributed by atoms with E-state index in [-0.39, 0.29) is 11.3 Å². The normalized spacial score (nSPS) is 10.8. The van der Waals surface area contributed by atoms with Crippen LogP contribution in [0, 0.1) is 17.0 Å². The molecule has 0 aliphatic rings. The van der Waals surface area contributed by atoms with E-state index in [0.29, 0.717) is 10.7 Å². The molecule has 1 N–H and O–H groups in total. The monoisotopic (exact) mass is 436 g/mol. The van der Waals surface area contributed by atoms with Crippen molar-refractivity contribution in [2.24, 2.45) is 0 Å². The maximum Gasteiger partial charge on any atom is 0.273 e. The lowest BCUT2D eigenvalue weighted by Gasteiger charge is -2.05. The molecule has 1 amide bonds. The molecule has 4 aromatic rings. The summed E-state index contributed by atoms with van der Waals surface area (Å²) in [5, 5.41) is 24.7. The van der Waals surface area contributed by atoms with E-state index in [1.54, 1.807) is 24.8 Å². The number of aromatic nitrogens is 2. The highest BCUT2D eigenvalue weighted by Crippen LogP contribution is 2.31. The van der Waals surface area contributed by atoms with Crippen LogP contribution in [-0.4, -0.2) is 21.0 Å². The Hall–Kier alpha value is -3.30. The van der Waals surface area contributed by atoms with Crippen molar-refractivity contribution in [2.45, 2.75) is 17.0 Å². The Morgan fingerprint density at radius 3 is 2.70 bits per heavy atom. The molecule has 150 valence electrons. The summed E-state index contributed by atoms with van der Waals surface area (Å²) < 4.78 is 0.731. The standard InChI is InChI=1S/C21H16N4O3S2/c1-13-16(10-5-11-18(13)25(27)28)19(26)22-20-23-24-21(30-20)29-12-15-8-4-7-14-6-2-3-9-17(14)15/h2-11H,12H2,1H3,(H,22,23,26). The topological polar surface area (TPSA) is 98.0 Å². The molecular weight excluding hydrogens is 420 g/mol. The van der Waals surface area contributed by atoms with Gasteiger partial charge in [0.25, 0.3) is 11.6 Å². The van der Waals surface area contributed by atoms with Gasteiger partial charge in [-0.2, -0.15) is 0 Å². The fourth-order valence-corrected chi connectivity index (χ4v) is 4.86. The molecular formula is C21H16N4O3S2. The second kappa shape index (κ2) is 8.60. The second-order valence-electron chi connectivity index (χ2n) is 6.46. The number of carbonyl (C=O) groups excluding carboxylic acids is 1. The fourth-order valence-electron chi connectivity index (χ4n) is 3.11. The number of nitro groups is 1. The van der Waals surface area contributed by atoms with Crippen molar-refractivity contribution >= 4 is 50.6 Å². The molecule has 0 spiro atoms. The molecule has 0 bridgehead atoms. The van der Waals surface area contributed by atoms with Crippen molar-refractivity contribution in [1.82, 2.24) is 10.2 Å². The molecule has 0 unspecified atom stereocenters. The molecule has 1 aromatic heterocycles. The predicted molar refractivity (Wildman–Crippen MR) is 119 cm³/mol. The summed E-state index contributed by atoms with van der Waals surface area (Å²) in [5.74, 6) is 0.284. The van der Waals surface area contributed by atoms with Gasteiger partial charge in [-0.05, 0) is 29.3 Å². The highest BCUT2D eigenvalue weighted by Gasteiger charge is 2.19. The van der Waals surface area contributed by atoms with Gasteiger partial charge in [0, 0.05) is 22.9 Å². The average Bonchev–Trinajstić information content (AvgIpc) is 3.19. The van der Waals surface area contributed by atoms with Crippen molar-refractivity contribution in [3.8, 4) is 0 Å². The maximum atomic E-state index is 12.5. The van der Waals surface area contributed by atoms with Crippen molar-refractivity contribution < 1.29 is 9.72 Å². The molecule has 7 nitrogen and oxygen atoms in total. The number of fused-ring (bicyclic) bond motifs is 1. The third-order valence-electron chi connectivity index (χ3n) is 4.60. The molecule has 0 saturated heterocycles. The van der Waals surface area contributed by atoms with Crippen LogP contribution in [0.25, 0.3) is 10.8 Å². The highest BCUT2D eigenvalue weighted by atomic mass is 32.2. The largest absolute Gasteiger partial charge is 0.296 e. The van der Waals surface area contributed by atoms with Crippen LogP contribution in [-0.2, 0) is 5.75 Å². The van der Waals surface area contributed by atoms with Crippen LogP contribution < -0.4 is 5.32 Å². The molecule has 0 aliphatic heterocycles. The smallest absolute Gasteiger partial charge is 0.273 e. The first-order chi connectivity index (χ1) is 14.5. The van der Waals surface area contributed by atoms with Crippen LogP contribution in [0.4, 0.5) is 10.8 Å².